The lowest BCUT2D eigenvalue weighted by molar-refractivity contribution is -0.142. The van der Waals surface area contributed by atoms with Gasteiger partial charge in [-0.2, -0.15) is 0 Å². The largest absolute Gasteiger partial charge is 0.484 e. The van der Waals surface area contributed by atoms with E-state index in [0.717, 1.165) is 35.7 Å². The Kier molecular flexibility index (Phi) is 8.79. The third-order valence-corrected chi connectivity index (χ3v) is 6.25. The highest BCUT2D eigenvalue weighted by Gasteiger charge is 2.28. The number of carbonyl (C=O) groups excluding carboxylic acids is 2. The molecule has 0 aromatic heterocycles. The maximum absolute atomic E-state index is 13.1. The quantitative estimate of drug-likeness (QED) is 0.524. The summed E-state index contributed by atoms with van der Waals surface area (Å²) in [4.78, 5) is 27.6. The number of nitrogens with one attached hydrogen (secondary N) is 1. The number of amides is 2. The van der Waals surface area contributed by atoms with E-state index < -0.39 is 6.04 Å². The first-order valence-electron chi connectivity index (χ1n) is 10.6. The van der Waals surface area contributed by atoms with Crippen LogP contribution in [0.1, 0.15) is 44.6 Å². The molecule has 31 heavy (non-hydrogen) atoms. The Morgan fingerprint density at radius 2 is 1.90 bits per heavy atom. The van der Waals surface area contributed by atoms with E-state index in [2.05, 4.69) is 21.2 Å². The zero-order valence-electron chi connectivity index (χ0n) is 17.7. The van der Waals surface area contributed by atoms with Crippen molar-refractivity contribution in [1.82, 2.24) is 10.2 Å². The fourth-order valence-corrected chi connectivity index (χ4v) is 4.40. The van der Waals surface area contributed by atoms with Crippen LogP contribution in [0.15, 0.2) is 53.0 Å². The van der Waals surface area contributed by atoms with Crippen molar-refractivity contribution in [1.29, 1.82) is 0 Å². The Hall–Kier alpha value is -2.05. The van der Waals surface area contributed by atoms with Crippen LogP contribution in [0.5, 0.6) is 5.75 Å². The molecule has 3 rings (SSSR count). The summed E-state index contributed by atoms with van der Waals surface area (Å²) >= 11 is 9.47. The standard InChI is InChI=1S/C24H28BrClN2O3/c1-17(24(30)27-21-10-3-2-4-11-21)28(15-18-7-5-8-19(25)13-18)23(29)16-31-22-12-6-9-20(26)14-22/h5-9,12-14,17,21H,2-4,10-11,15-16H2,1H3,(H,27,30)/t17-/m1/s1. The van der Waals surface area contributed by atoms with Gasteiger partial charge < -0.3 is 15.0 Å². The lowest BCUT2D eigenvalue weighted by atomic mass is 9.95. The van der Waals surface area contributed by atoms with Gasteiger partial charge in [0.2, 0.25) is 5.91 Å². The van der Waals surface area contributed by atoms with Crippen molar-refractivity contribution >= 4 is 39.3 Å². The van der Waals surface area contributed by atoms with Crippen molar-refractivity contribution in [2.24, 2.45) is 0 Å². The van der Waals surface area contributed by atoms with Crippen molar-refractivity contribution in [3.8, 4) is 5.75 Å². The maximum atomic E-state index is 13.1. The normalized spacial score (nSPS) is 15.2. The first-order valence-corrected chi connectivity index (χ1v) is 11.8. The second-order valence-electron chi connectivity index (χ2n) is 7.92. The predicted octanol–water partition coefficient (Wildman–Crippen LogP) is 5.35. The average molecular weight is 508 g/mol. The Labute approximate surface area is 197 Å². The molecule has 1 fully saturated rings. The van der Waals surface area contributed by atoms with Crippen molar-refractivity contribution in [3.05, 3.63) is 63.6 Å². The molecule has 1 aliphatic rings. The van der Waals surface area contributed by atoms with E-state index in [-0.39, 0.29) is 24.5 Å². The number of rotatable bonds is 8. The molecule has 2 aromatic carbocycles. The van der Waals surface area contributed by atoms with Gasteiger partial charge in [0.05, 0.1) is 0 Å². The van der Waals surface area contributed by atoms with Gasteiger partial charge in [-0.25, -0.2) is 0 Å². The number of carbonyl (C=O) groups is 2. The first kappa shape index (κ1) is 23.6. The van der Waals surface area contributed by atoms with Crippen LogP contribution in [0.4, 0.5) is 0 Å². The highest BCUT2D eigenvalue weighted by Crippen LogP contribution is 2.20. The molecule has 0 heterocycles. The molecule has 7 heteroatoms. The van der Waals surface area contributed by atoms with E-state index in [9.17, 15) is 9.59 Å². The molecule has 0 aliphatic heterocycles. The van der Waals surface area contributed by atoms with Gasteiger partial charge in [0, 0.05) is 22.1 Å². The molecule has 2 amide bonds. The highest BCUT2D eigenvalue weighted by atomic mass is 79.9. The lowest BCUT2D eigenvalue weighted by Crippen LogP contribution is -2.51. The maximum Gasteiger partial charge on any atom is 0.261 e. The summed E-state index contributed by atoms with van der Waals surface area (Å²) in [5.41, 5.74) is 0.933. The predicted molar refractivity (Wildman–Crippen MR) is 126 cm³/mol. The lowest BCUT2D eigenvalue weighted by Gasteiger charge is -2.31. The molecule has 1 aliphatic carbocycles. The second-order valence-corrected chi connectivity index (χ2v) is 9.27. The first-order chi connectivity index (χ1) is 14.9. The van der Waals surface area contributed by atoms with Crippen LogP contribution >= 0.6 is 27.5 Å². The van der Waals surface area contributed by atoms with E-state index in [4.69, 9.17) is 16.3 Å². The third-order valence-electron chi connectivity index (χ3n) is 5.52. The summed E-state index contributed by atoms with van der Waals surface area (Å²) in [6, 6.07) is 14.2. The summed E-state index contributed by atoms with van der Waals surface area (Å²) in [5.74, 6) is 0.131. The van der Waals surface area contributed by atoms with E-state index in [1.54, 1.807) is 36.1 Å². The summed E-state index contributed by atoms with van der Waals surface area (Å²) in [5, 5.41) is 3.67. The number of hydrogen-bond acceptors (Lipinski definition) is 3. The minimum absolute atomic E-state index is 0.127. The molecule has 2 aromatic rings. The Bertz CT molecular complexity index is 902. The van der Waals surface area contributed by atoms with E-state index >= 15 is 0 Å². The summed E-state index contributed by atoms with van der Waals surface area (Å²) in [6.07, 6.45) is 5.48. The molecular weight excluding hydrogens is 480 g/mol. The third kappa shape index (κ3) is 7.25. The molecular formula is C24H28BrClN2O3. The second kappa shape index (κ2) is 11.5. The highest BCUT2D eigenvalue weighted by molar-refractivity contribution is 9.10. The fraction of sp³-hybridized carbons (Fsp3) is 0.417. The van der Waals surface area contributed by atoms with Crippen LogP contribution < -0.4 is 10.1 Å². The van der Waals surface area contributed by atoms with Crippen LogP contribution in [0.2, 0.25) is 5.02 Å². The Morgan fingerprint density at radius 1 is 1.16 bits per heavy atom. The van der Waals surface area contributed by atoms with Gasteiger partial charge in [-0.05, 0) is 55.7 Å². The van der Waals surface area contributed by atoms with Gasteiger partial charge in [0.15, 0.2) is 6.61 Å². The fourth-order valence-electron chi connectivity index (χ4n) is 3.77. The molecule has 0 spiro atoms. The van der Waals surface area contributed by atoms with Gasteiger partial charge in [-0.1, -0.05) is 65.0 Å². The summed E-state index contributed by atoms with van der Waals surface area (Å²) < 4.78 is 6.58. The smallest absolute Gasteiger partial charge is 0.261 e. The van der Waals surface area contributed by atoms with Crippen LogP contribution in [-0.4, -0.2) is 35.4 Å². The van der Waals surface area contributed by atoms with E-state index in [0.29, 0.717) is 17.3 Å². The molecule has 1 atom stereocenters. The van der Waals surface area contributed by atoms with Gasteiger partial charge in [0.25, 0.3) is 5.91 Å². The molecule has 5 nitrogen and oxygen atoms in total. The molecule has 166 valence electrons. The van der Waals surface area contributed by atoms with Crippen molar-refractivity contribution in [2.75, 3.05) is 6.61 Å². The number of ether oxygens (including phenoxy) is 1. The van der Waals surface area contributed by atoms with Gasteiger partial charge in [-0.15, -0.1) is 0 Å². The average Bonchev–Trinajstić information content (AvgIpc) is 2.76. The van der Waals surface area contributed by atoms with Gasteiger partial charge in [-0.3, -0.25) is 9.59 Å². The zero-order chi connectivity index (χ0) is 22.2. The topological polar surface area (TPSA) is 58.6 Å². The minimum atomic E-state index is -0.614. The SMILES string of the molecule is C[C@H](C(=O)NC1CCCCC1)N(Cc1cccc(Br)c1)C(=O)COc1cccc(Cl)c1. The molecule has 1 saturated carbocycles. The van der Waals surface area contributed by atoms with Crippen LogP contribution in [-0.2, 0) is 16.1 Å². The number of hydrogen-bond donors (Lipinski definition) is 1. The molecule has 0 saturated heterocycles. The number of nitrogens with zero attached hydrogens (tertiary/aromatic N) is 1. The van der Waals surface area contributed by atoms with Crippen molar-refractivity contribution in [2.45, 2.75) is 57.7 Å². The van der Waals surface area contributed by atoms with Gasteiger partial charge >= 0.3 is 0 Å². The van der Waals surface area contributed by atoms with Crippen LogP contribution in [0.25, 0.3) is 0 Å². The summed E-state index contributed by atoms with van der Waals surface area (Å²) in [7, 11) is 0. The van der Waals surface area contributed by atoms with E-state index in [1.807, 2.05) is 24.3 Å². The molecule has 1 N–H and O–H groups in total. The number of halogens is 2. The van der Waals surface area contributed by atoms with Crippen molar-refractivity contribution < 1.29 is 14.3 Å². The Balaban J connectivity index is 1.70. The Morgan fingerprint density at radius 3 is 2.61 bits per heavy atom. The van der Waals surface area contributed by atoms with Crippen LogP contribution in [0.3, 0.4) is 0 Å². The molecule has 0 bridgehead atoms. The monoisotopic (exact) mass is 506 g/mol. The van der Waals surface area contributed by atoms with E-state index in [1.165, 1.54) is 6.42 Å². The zero-order valence-corrected chi connectivity index (χ0v) is 20.0. The van der Waals surface area contributed by atoms with Gasteiger partial charge in [0.1, 0.15) is 11.8 Å². The van der Waals surface area contributed by atoms with Crippen molar-refractivity contribution in [3.63, 3.8) is 0 Å². The molecule has 0 unspecified atom stereocenters. The summed E-state index contributed by atoms with van der Waals surface area (Å²) in [6.45, 7) is 1.92. The number of benzene rings is 2. The minimum Gasteiger partial charge on any atom is -0.484 e. The molecule has 0 radical (unpaired) electrons. The van der Waals surface area contributed by atoms with Crippen LogP contribution in [0, 0.1) is 0 Å².